The third-order valence-corrected chi connectivity index (χ3v) is 2.91. The summed E-state index contributed by atoms with van der Waals surface area (Å²) < 4.78 is 28.7. The fourth-order valence-corrected chi connectivity index (χ4v) is 1.90. The van der Waals surface area contributed by atoms with Gasteiger partial charge in [0.25, 0.3) is 5.91 Å². The third kappa shape index (κ3) is 3.47. The fraction of sp³-hybridized carbons (Fsp3) is 0.133. The highest BCUT2D eigenvalue weighted by atomic mass is 19.3. The van der Waals surface area contributed by atoms with Crippen LogP contribution in [0.15, 0.2) is 48.5 Å². The number of hydrogen-bond donors (Lipinski definition) is 1. The molecule has 0 aliphatic heterocycles. The Morgan fingerprint density at radius 2 is 1.90 bits per heavy atom. The maximum Gasteiger partial charge on any atom is 0.387 e. The average molecular weight is 292 g/mol. The van der Waals surface area contributed by atoms with E-state index >= 15 is 0 Å². The molecule has 2 aromatic carbocycles. The van der Waals surface area contributed by atoms with E-state index in [9.17, 15) is 13.6 Å². The first-order valence-electron chi connectivity index (χ1n) is 6.16. The number of ether oxygens (including phenoxy) is 1. The van der Waals surface area contributed by atoms with E-state index in [-0.39, 0.29) is 17.2 Å². The number of halogens is 2. The van der Waals surface area contributed by atoms with Gasteiger partial charge in [-0.1, -0.05) is 18.2 Å². The lowest BCUT2D eigenvalue weighted by atomic mass is 10.1. The molecule has 0 saturated carbocycles. The smallest absolute Gasteiger partial charge is 0.387 e. The molecule has 0 heterocycles. The Labute approximate surface area is 120 Å². The first-order chi connectivity index (χ1) is 9.99. The van der Waals surface area contributed by atoms with Crippen molar-refractivity contribution in [3.63, 3.8) is 0 Å². The topological polar surface area (TPSA) is 55.6 Å². The van der Waals surface area contributed by atoms with Crippen LogP contribution >= 0.6 is 0 Å². The lowest BCUT2D eigenvalue weighted by molar-refractivity contribution is -0.0498. The normalized spacial score (nSPS) is 10.5. The van der Waals surface area contributed by atoms with E-state index in [4.69, 9.17) is 5.73 Å². The minimum Gasteiger partial charge on any atom is -0.435 e. The van der Waals surface area contributed by atoms with Crippen LogP contribution in [0, 0.1) is 0 Å². The van der Waals surface area contributed by atoms with Crippen molar-refractivity contribution in [2.24, 2.45) is 0 Å². The first-order valence-corrected chi connectivity index (χ1v) is 6.16. The second kappa shape index (κ2) is 6.21. The van der Waals surface area contributed by atoms with Gasteiger partial charge in [0.1, 0.15) is 5.75 Å². The van der Waals surface area contributed by atoms with Crippen LogP contribution in [0.25, 0.3) is 0 Å². The van der Waals surface area contributed by atoms with Crippen molar-refractivity contribution in [2.75, 3.05) is 17.7 Å². The van der Waals surface area contributed by atoms with Gasteiger partial charge >= 0.3 is 6.61 Å². The molecule has 110 valence electrons. The molecule has 2 rings (SSSR count). The Balaban J connectivity index is 2.25. The Hall–Kier alpha value is -2.63. The molecular formula is C15H14F2N2O2. The van der Waals surface area contributed by atoms with Crippen molar-refractivity contribution in [3.05, 3.63) is 54.1 Å². The number of amides is 1. The molecule has 0 fully saturated rings. The first kappa shape index (κ1) is 14.8. The quantitative estimate of drug-likeness (QED) is 0.881. The predicted octanol–water partition coefficient (Wildman–Crippen LogP) is 3.15. The lowest BCUT2D eigenvalue weighted by Crippen LogP contribution is -2.27. The Kier molecular flexibility index (Phi) is 4.37. The molecular weight excluding hydrogens is 278 g/mol. The largest absolute Gasteiger partial charge is 0.435 e. The van der Waals surface area contributed by atoms with Crippen molar-refractivity contribution < 1.29 is 18.3 Å². The third-order valence-electron chi connectivity index (χ3n) is 2.91. The minimum atomic E-state index is -2.93. The summed E-state index contributed by atoms with van der Waals surface area (Å²) in [5.74, 6) is -0.433. The van der Waals surface area contributed by atoms with Gasteiger partial charge in [0.2, 0.25) is 0 Å². The summed E-state index contributed by atoms with van der Waals surface area (Å²) in [6, 6.07) is 12.5. The number of nitrogens with two attached hydrogens (primary N) is 1. The highest BCUT2D eigenvalue weighted by Crippen LogP contribution is 2.24. The minimum absolute atomic E-state index is 0.0646. The summed E-state index contributed by atoms with van der Waals surface area (Å²) in [6.07, 6.45) is 0. The maximum atomic E-state index is 12.4. The van der Waals surface area contributed by atoms with Crippen LogP contribution in [0.5, 0.6) is 5.75 Å². The zero-order valence-corrected chi connectivity index (χ0v) is 11.3. The zero-order chi connectivity index (χ0) is 15.4. The van der Waals surface area contributed by atoms with E-state index in [0.717, 1.165) is 0 Å². The number of carbonyl (C=O) groups excluding carboxylic acids is 1. The number of carbonyl (C=O) groups is 1. The Bertz CT molecular complexity index is 647. The molecule has 0 radical (unpaired) electrons. The number of benzene rings is 2. The van der Waals surface area contributed by atoms with Crippen molar-refractivity contribution in [3.8, 4) is 5.75 Å². The molecule has 1 amide bonds. The summed E-state index contributed by atoms with van der Waals surface area (Å²) in [6.45, 7) is -2.93. The van der Waals surface area contributed by atoms with E-state index in [2.05, 4.69) is 4.74 Å². The standard InChI is InChI=1S/C15H14F2N2O2/c1-19(13-8-3-2-7-12(13)18)14(20)10-5-4-6-11(9-10)21-15(16)17/h2-9,15H,18H2,1H3. The Morgan fingerprint density at radius 3 is 2.57 bits per heavy atom. The van der Waals surface area contributed by atoms with Crippen LogP contribution in [0.1, 0.15) is 10.4 Å². The van der Waals surface area contributed by atoms with E-state index in [0.29, 0.717) is 11.4 Å². The summed E-state index contributed by atoms with van der Waals surface area (Å²) in [7, 11) is 1.56. The highest BCUT2D eigenvalue weighted by Gasteiger charge is 2.16. The van der Waals surface area contributed by atoms with E-state index < -0.39 is 6.61 Å². The lowest BCUT2D eigenvalue weighted by Gasteiger charge is -2.19. The van der Waals surface area contributed by atoms with E-state index in [1.54, 1.807) is 31.3 Å². The monoisotopic (exact) mass is 292 g/mol. The molecule has 0 saturated heterocycles. The SMILES string of the molecule is CN(C(=O)c1cccc(OC(F)F)c1)c1ccccc1N. The molecule has 2 N–H and O–H groups in total. The molecule has 0 spiro atoms. The van der Waals surface area contributed by atoms with E-state index in [1.165, 1.54) is 29.2 Å². The van der Waals surface area contributed by atoms with Gasteiger partial charge in [0.05, 0.1) is 11.4 Å². The molecule has 21 heavy (non-hydrogen) atoms. The van der Waals surface area contributed by atoms with Gasteiger partial charge in [0.15, 0.2) is 0 Å². The van der Waals surface area contributed by atoms with Crippen LogP contribution in [-0.4, -0.2) is 19.6 Å². The number of para-hydroxylation sites is 2. The number of hydrogen-bond acceptors (Lipinski definition) is 3. The molecule has 0 aromatic heterocycles. The molecule has 0 aliphatic rings. The number of nitrogens with zero attached hydrogens (tertiary/aromatic N) is 1. The van der Waals surface area contributed by atoms with Crippen LogP contribution in [-0.2, 0) is 0 Å². The van der Waals surface area contributed by atoms with Gasteiger partial charge in [0, 0.05) is 12.6 Å². The van der Waals surface area contributed by atoms with Crippen LogP contribution < -0.4 is 15.4 Å². The fourth-order valence-electron chi connectivity index (χ4n) is 1.90. The zero-order valence-electron chi connectivity index (χ0n) is 11.3. The predicted molar refractivity (Wildman–Crippen MR) is 76.7 cm³/mol. The van der Waals surface area contributed by atoms with Crippen molar-refractivity contribution >= 4 is 17.3 Å². The summed E-state index contributed by atoms with van der Waals surface area (Å²) in [4.78, 5) is 13.7. The van der Waals surface area contributed by atoms with Crippen LogP contribution in [0.2, 0.25) is 0 Å². The van der Waals surface area contributed by atoms with Crippen LogP contribution in [0.4, 0.5) is 20.2 Å². The summed E-state index contributed by atoms with van der Waals surface area (Å²) >= 11 is 0. The van der Waals surface area contributed by atoms with Crippen molar-refractivity contribution in [1.82, 2.24) is 0 Å². The number of alkyl halides is 2. The van der Waals surface area contributed by atoms with Crippen molar-refractivity contribution in [1.29, 1.82) is 0 Å². The summed E-state index contributed by atoms with van der Waals surface area (Å²) in [5.41, 5.74) is 7.05. The number of nitrogen functional groups attached to an aromatic ring is 1. The molecule has 0 aliphatic carbocycles. The van der Waals surface area contributed by atoms with Gasteiger partial charge in [-0.3, -0.25) is 4.79 Å². The van der Waals surface area contributed by atoms with Gasteiger partial charge in [-0.15, -0.1) is 0 Å². The number of anilines is 2. The molecule has 0 bridgehead atoms. The second-order valence-corrected chi connectivity index (χ2v) is 4.33. The number of rotatable bonds is 4. The maximum absolute atomic E-state index is 12.4. The van der Waals surface area contributed by atoms with Gasteiger partial charge in [-0.25, -0.2) is 0 Å². The molecule has 0 atom stereocenters. The van der Waals surface area contributed by atoms with Gasteiger partial charge in [-0.2, -0.15) is 8.78 Å². The molecule has 6 heteroatoms. The van der Waals surface area contributed by atoms with Gasteiger partial charge < -0.3 is 15.4 Å². The van der Waals surface area contributed by atoms with E-state index in [1.807, 2.05) is 0 Å². The van der Waals surface area contributed by atoms with Gasteiger partial charge in [-0.05, 0) is 30.3 Å². The summed E-state index contributed by atoms with van der Waals surface area (Å²) in [5, 5.41) is 0. The molecule has 4 nitrogen and oxygen atoms in total. The van der Waals surface area contributed by atoms with Crippen molar-refractivity contribution in [2.45, 2.75) is 6.61 Å². The Morgan fingerprint density at radius 1 is 1.19 bits per heavy atom. The second-order valence-electron chi connectivity index (χ2n) is 4.33. The average Bonchev–Trinajstić information content (AvgIpc) is 2.46. The molecule has 0 unspecified atom stereocenters. The molecule has 2 aromatic rings. The van der Waals surface area contributed by atoms with Crippen LogP contribution in [0.3, 0.4) is 0 Å². The highest BCUT2D eigenvalue weighted by molar-refractivity contribution is 6.07.